The standard InChI is InChI=1S/C13H26N2/c1-5-7-8-14-10-13(6-2)15(11-14)9-12(3)4/h12-13H,5-10H2,1-4H3/t13-/m0/s1. The second-order valence-electron chi connectivity index (χ2n) is 5.01. The Hall–Kier alpha value is -0.0800. The molecule has 2 nitrogen and oxygen atoms in total. The molecule has 1 saturated heterocycles. The van der Waals surface area contributed by atoms with Crippen LogP contribution in [0.25, 0.3) is 0 Å². The van der Waals surface area contributed by atoms with Crippen LogP contribution in [0, 0.1) is 12.6 Å². The highest BCUT2D eigenvalue weighted by Gasteiger charge is 2.29. The van der Waals surface area contributed by atoms with Gasteiger partial charge in [0.2, 0.25) is 0 Å². The van der Waals surface area contributed by atoms with Gasteiger partial charge in [0, 0.05) is 25.7 Å². The highest BCUT2D eigenvalue weighted by molar-refractivity contribution is 4.89. The lowest BCUT2D eigenvalue weighted by Gasteiger charge is -2.22. The van der Waals surface area contributed by atoms with E-state index in [-0.39, 0.29) is 0 Å². The average molecular weight is 210 g/mol. The van der Waals surface area contributed by atoms with Crippen LogP contribution in [0.15, 0.2) is 0 Å². The van der Waals surface area contributed by atoms with Crippen molar-refractivity contribution in [1.29, 1.82) is 0 Å². The summed E-state index contributed by atoms with van der Waals surface area (Å²) in [7, 11) is 0. The Morgan fingerprint density at radius 2 is 2.07 bits per heavy atom. The van der Waals surface area contributed by atoms with Crippen molar-refractivity contribution in [2.75, 3.05) is 19.6 Å². The molecule has 0 aliphatic carbocycles. The smallest absolute Gasteiger partial charge is 0.146 e. The molecule has 0 unspecified atom stereocenters. The van der Waals surface area contributed by atoms with Crippen molar-refractivity contribution in [3.8, 4) is 0 Å². The third kappa shape index (κ3) is 4.12. The molecule has 0 bridgehead atoms. The van der Waals surface area contributed by atoms with Crippen LogP contribution in [0.1, 0.15) is 47.0 Å². The molecule has 1 aliphatic heterocycles. The second kappa shape index (κ2) is 6.49. The van der Waals surface area contributed by atoms with E-state index in [1.54, 1.807) is 0 Å². The Balaban J connectivity index is 2.36. The maximum atomic E-state index is 3.52. The van der Waals surface area contributed by atoms with Crippen LogP contribution in [0.5, 0.6) is 0 Å². The number of hydrogen-bond acceptors (Lipinski definition) is 2. The predicted molar refractivity (Wildman–Crippen MR) is 65.3 cm³/mol. The Labute approximate surface area is 95.6 Å². The summed E-state index contributed by atoms with van der Waals surface area (Å²) in [6.45, 7) is 16.1. The number of unbranched alkanes of at least 4 members (excludes halogenated alkanes) is 1. The van der Waals surface area contributed by atoms with Gasteiger partial charge in [0.05, 0.1) is 0 Å². The first-order chi connectivity index (χ1) is 7.17. The Morgan fingerprint density at radius 3 is 2.60 bits per heavy atom. The summed E-state index contributed by atoms with van der Waals surface area (Å²) < 4.78 is 0. The third-order valence-electron chi connectivity index (χ3n) is 2.96. The van der Waals surface area contributed by atoms with E-state index in [9.17, 15) is 0 Å². The minimum atomic E-state index is 0.698. The van der Waals surface area contributed by atoms with E-state index in [4.69, 9.17) is 0 Å². The quantitative estimate of drug-likeness (QED) is 0.665. The van der Waals surface area contributed by atoms with E-state index >= 15 is 0 Å². The van der Waals surface area contributed by atoms with E-state index in [0.29, 0.717) is 6.04 Å². The van der Waals surface area contributed by atoms with Gasteiger partial charge in [0.15, 0.2) is 0 Å². The lowest BCUT2D eigenvalue weighted by atomic mass is 10.1. The summed E-state index contributed by atoms with van der Waals surface area (Å²) >= 11 is 0. The molecule has 0 amide bonds. The molecule has 0 N–H and O–H groups in total. The first-order valence-corrected chi connectivity index (χ1v) is 6.45. The van der Waals surface area contributed by atoms with Crippen molar-refractivity contribution in [3.63, 3.8) is 0 Å². The van der Waals surface area contributed by atoms with Crippen LogP contribution < -0.4 is 0 Å². The molecule has 1 aliphatic rings. The maximum Gasteiger partial charge on any atom is 0.146 e. The summed E-state index contributed by atoms with van der Waals surface area (Å²) in [5, 5.41) is 0. The molecule has 0 saturated carbocycles. The van der Waals surface area contributed by atoms with Gasteiger partial charge in [-0.1, -0.05) is 34.1 Å². The van der Waals surface area contributed by atoms with E-state index in [1.165, 1.54) is 32.4 Å². The maximum absolute atomic E-state index is 3.52. The molecule has 1 atom stereocenters. The molecular formula is C13H26N2. The molecule has 2 radical (unpaired) electrons. The number of rotatable bonds is 6. The Bertz CT molecular complexity index is 168. The SMILES string of the molecule is CCCCN1[C]N(CC(C)C)[C@@H](CC)C1. The molecule has 0 aromatic carbocycles. The van der Waals surface area contributed by atoms with Gasteiger partial charge < -0.3 is 0 Å². The molecule has 1 fully saturated rings. The van der Waals surface area contributed by atoms with E-state index in [1.807, 2.05) is 0 Å². The van der Waals surface area contributed by atoms with E-state index in [2.05, 4.69) is 44.2 Å². The summed E-state index contributed by atoms with van der Waals surface area (Å²) in [5.41, 5.74) is 0. The molecule has 88 valence electrons. The summed E-state index contributed by atoms with van der Waals surface area (Å²) in [5.74, 6) is 0.734. The number of hydrogen-bond donors (Lipinski definition) is 0. The van der Waals surface area contributed by atoms with Crippen LogP contribution >= 0.6 is 0 Å². The zero-order chi connectivity index (χ0) is 11.3. The number of nitrogens with zero attached hydrogens (tertiary/aromatic N) is 2. The fraction of sp³-hybridized carbons (Fsp3) is 0.923. The van der Waals surface area contributed by atoms with Crippen LogP contribution in [0.3, 0.4) is 0 Å². The third-order valence-corrected chi connectivity index (χ3v) is 2.96. The van der Waals surface area contributed by atoms with Crippen molar-refractivity contribution in [2.24, 2.45) is 5.92 Å². The monoisotopic (exact) mass is 210 g/mol. The van der Waals surface area contributed by atoms with Crippen molar-refractivity contribution in [3.05, 3.63) is 6.67 Å². The first kappa shape index (κ1) is 13.0. The van der Waals surface area contributed by atoms with Gasteiger partial charge in [-0.25, -0.2) is 0 Å². The van der Waals surface area contributed by atoms with Crippen molar-refractivity contribution in [2.45, 2.75) is 53.0 Å². The summed E-state index contributed by atoms with van der Waals surface area (Å²) in [6, 6.07) is 0.698. The molecular weight excluding hydrogens is 184 g/mol. The van der Waals surface area contributed by atoms with Gasteiger partial charge in [0.25, 0.3) is 0 Å². The lowest BCUT2D eigenvalue weighted by Crippen LogP contribution is -2.31. The van der Waals surface area contributed by atoms with Crippen LogP contribution in [0.2, 0.25) is 0 Å². The fourth-order valence-corrected chi connectivity index (χ4v) is 2.08. The Kier molecular flexibility index (Phi) is 5.62. The minimum absolute atomic E-state index is 0.698. The van der Waals surface area contributed by atoms with Gasteiger partial charge in [-0.3, -0.25) is 9.80 Å². The molecule has 0 spiro atoms. The zero-order valence-electron chi connectivity index (χ0n) is 10.8. The predicted octanol–water partition coefficient (Wildman–Crippen LogP) is 2.83. The largest absolute Gasteiger partial charge is 0.278 e. The minimum Gasteiger partial charge on any atom is -0.278 e. The fourth-order valence-electron chi connectivity index (χ4n) is 2.08. The lowest BCUT2D eigenvalue weighted by molar-refractivity contribution is 0.251. The van der Waals surface area contributed by atoms with Gasteiger partial charge in [-0.2, -0.15) is 0 Å². The van der Waals surface area contributed by atoms with Gasteiger partial charge >= 0.3 is 0 Å². The molecule has 1 rings (SSSR count). The summed E-state index contributed by atoms with van der Waals surface area (Å²) in [6.07, 6.45) is 3.81. The molecule has 0 aromatic heterocycles. The van der Waals surface area contributed by atoms with Crippen molar-refractivity contribution < 1.29 is 0 Å². The van der Waals surface area contributed by atoms with Gasteiger partial charge in [-0.05, 0) is 18.8 Å². The van der Waals surface area contributed by atoms with Crippen LogP contribution in [-0.4, -0.2) is 35.5 Å². The first-order valence-electron chi connectivity index (χ1n) is 6.45. The average Bonchev–Trinajstić information content (AvgIpc) is 2.56. The summed E-state index contributed by atoms with van der Waals surface area (Å²) in [4.78, 5) is 4.79. The van der Waals surface area contributed by atoms with Gasteiger partial charge in [-0.15, -0.1) is 0 Å². The van der Waals surface area contributed by atoms with Crippen LogP contribution in [-0.2, 0) is 0 Å². The van der Waals surface area contributed by atoms with Gasteiger partial charge in [0.1, 0.15) is 6.67 Å². The van der Waals surface area contributed by atoms with Crippen molar-refractivity contribution >= 4 is 0 Å². The topological polar surface area (TPSA) is 6.48 Å². The van der Waals surface area contributed by atoms with Crippen LogP contribution in [0.4, 0.5) is 0 Å². The highest BCUT2D eigenvalue weighted by atomic mass is 15.4. The van der Waals surface area contributed by atoms with Crippen molar-refractivity contribution in [1.82, 2.24) is 9.80 Å². The molecule has 0 aromatic rings. The van der Waals surface area contributed by atoms with E-state index < -0.39 is 0 Å². The van der Waals surface area contributed by atoms with E-state index in [0.717, 1.165) is 12.5 Å². The molecule has 15 heavy (non-hydrogen) atoms. The zero-order valence-corrected chi connectivity index (χ0v) is 10.8. The normalized spacial score (nSPS) is 24.2. The molecule has 2 heteroatoms. The Morgan fingerprint density at radius 1 is 1.33 bits per heavy atom. The molecule has 1 heterocycles. The second-order valence-corrected chi connectivity index (χ2v) is 5.01. The highest BCUT2D eigenvalue weighted by Crippen LogP contribution is 2.21.